The minimum absolute atomic E-state index is 0. The fourth-order valence-electron chi connectivity index (χ4n) is 2.24. The van der Waals surface area contributed by atoms with Crippen molar-refractivity contribution in [1.29, 1.82) is 0 Å². The SMILES string of the molecule is Cl.N[C@@H](c1ccsc1)c1ccccc1OCc1ccccc1. The summed E-state index contributed by atoms with van der Waals surface area (Å²) in [6.45, 7) is 0.550. The molecule has 2 aromatic carbocycles. The van der Waals surface area contributed by atoms with E-state index in [1.54, 1.807) is 11.3 Å². The molecule has 0 fully saturated rings. The standard InChI is InChI=1S/C18H17NOS.ClH/c19-18(15-10-11-21-13-15)16-8-4-5-9-17(16)20-12-14-6-2-1-3-7-14;/h1-11,13,18H,12,19H2;1H/t18-;/m0./s1. The van der Waals surface area contributed by atoms with Crippen LogP contribution in [0.2, 0.25) is 0 Å². The van der Waals surface area contributed by atoms with Crippen molar-refractivity contribution in [2.24, 2.45) is 5.73 Å². The number of benzene rings is 2. The van der Waals surface area contributed by atoms with Crippen LogP contribution in [0, 0.1) is 0 Å². The summed E-state index contributed by atoms with van der Waals surface area (Å²) in [6.07, 6.45) is 0. The Hall–Kier alpha value is -1.81. The maximum absolute atomic E-state index is 6.36. The zero-order valence-electron chi connectivity index (χ0n) is 12.0. The fraction of sp³-hybridized carbons (Fsp3) is 0.111. The molecular weight excluding hydrogens is 314 g/mol. The third-order valence-electron chi connectivity index (χ3n) is 3.39. The summed E-state index contributed by atoms with van der Waals surface area (Å²) in [5.74, 6) is 0.847. The van der Waals surface area contributed by atoms with Gasteiger partial charge in [0.05, 0.1) is 6.04 Å². The molecule has 2 nitrogen and oxygen atoms in total. The van der Waals surface area contributed by atoms with E-state index in [4.69, 9.17) is 10.5 Å². The Morgan fingerprint density at radius 3 is 2.41 bits per heavy atom. The summed E-state index contributed by atoms with van der Waals surface area (Å²) in [4.78, 5) is 0. The van der Waals surface area contributed by atoms with E-state index in [1.807, 2.05) is 47.8 Å². The smallest absolute Gasteiger partial charge is 0.124 e. The van der Waals surface area contributed by atoms with E-state index in [2.05, 4.69) is 23.6 Å². The number of rotatable bonds is 5. The lowest BCUT2D eigenvalue weighted by Gasteiger charge is -2.16. The van der Waals surface area contributed by atoms with Crippen LogP contribution >= 0.6 is 23.7 Å². The van der Waals surface area contributed by atoms with Crippen molar-refractivity contribution < 1.29 is 4.74 Å². The van der Waals surface area contributed by atoms with Gasteiger partial charge in [0, 0.05) is 5.56 Å². The van der Waals surface area contributed by atoms with Gasteiger partial charge in [0.1, 0.15) is 12.4 Å². The third-order valence-corrected chi connectivity index (χ3v) is 4.10. The topological polar surface area (TPSA) is 35.2 Å². The molecule has 3 aromatic rings. The predicted octanol–water partition coefficient (Wildman–Crippen LogP) is 4.80. The quantitative estimate of drug-likeness (QED) is 0.729. The van der Waals surface area contributed by atoms with Crippen LogP contribution < -0.4 is 10.5 Å². The molecule has 114 valence electrons. The molecule has 0 bridgehead atoms. The van der Waals surface area contributed by atoms with Crippen LogP contribution in [0.25, 0.3) is 0 Å². The minimum atomic E-state index is -0.150. The van der Waals surface area contributed by atoms with Gasteiger partial charge >= 0.3 is 0 Å². The lowest BCUT2D eigenvalue weighted by atomic mass is 10.0. The lowest BCUT2D eigenvalue weighted by molar-refractivity contribution is 0.302. The summed E-state index contributed by atoms with van der Waals surface area (Å²) in [7, 11) is 0. The first kappa shape index (κ1) is 16.6. The second kappa shape index (κ2) is 7.99. The monoisotopic (exact) mass is 331 g/mol. The molecule has 2 N–H and O–H groups in total. The van der Waals surface area contributed by atoms with E-state index < -0.39 is 0 Å². The van der Waals surface area contributed by atoms with Crippen LogP contribution in [0.3, 0.4) is 0 Å². The molecule has 1 atom stereocenters. The molecule has 4 heteroatoms. The van der Waals surface area contributed by atoms with Crippen LogP contribution in [-0.4, -0.2) is 0 Å². The summed E-state index contributed by atoms with van der Waals surface area (Å²) in [5.41, 5.74) is 9.65. The molecule has 0 aliphatic rings. The van der Waals surface area contributed by atoms with Crippen molar-refractivity contribution in [3.05, 3.63) is 88.1 Å². The molecule has 0 saturated heterocycles. The number of thiophene rings is 1. The van der Waals surface area contributed by atoms with E-state index in [0.29, 0.717) is 6.61 Å². The van der Waals surface area contributed by atoms with E-state index >= 15 is 0 Å². The van der Waals surface area contributed by atoms with Crippen molar-refractivity contribution in [2.45, 2.75) is 12.6 Å². The molecule has 0 spiro atoms. The average Bonchev–Trinajstić information content (AvgIpc) is 3.08. The van der Waals surface area contributed by atoms with Crippen molar-refractivity contribution in [2.75, 3.05) is 0 Å². The number of hydrogen-bond acceptors (Lipinski definition) is 3. The maximum Gasteiger partial charge on any atom is 0.124 e. The predicted molar refractivity (Wildman–Crippen MR) is 94.8 cm³/mol. The van der Waals surface area contributed by atoms with Gasteiger partial charge in [0.25, 0.3) is 0 Å². The number of nitrogens with two attached hydrogens (primary N) is 1. The molecule has 22 heavy (non-hydrogen) atoms. The van der Waals surface area contributed by atoms with Gasteiger partial charge < -0.3 is 10.5 Å². The first-order chi connectivity index (χ1) is 10.3. The number of halogens is 1. The van der Waals surface area contributed by atoms with Crippen LogP contribution in [0.5, 0.6) is 5.75 Å². The highest BCUT2D eigenvalue weighted by Gasteiger charge is 2.14. The first-order valence-corrected chi connectivity index (χ1v) is 7.82. The molecule has 1 aromatic heterocycles. The van der Waals surface area contributed by atoms with Crippen LogP contribution in [0.15, 0.2) is 71.4 Å². The van der Waals surface area contributed by atoms with Crippen molar-refractivity contribution in [3.8, 4) is 5.75 Å². The Morgan fingerprint density at radius 1 is 0.955 bits per heavy atom. The average molecular weight is 332 g/mol. The molecular formula is C18H18ClNOS. The summed E-state index contributed by atoms with van der Waals surface area (Å²) in [5, 5.41) is 4.13. The Bertz CT molecular complexity index is 685. The normalized spacial score (nSPS) is 11.5. The molecule has 0 amide bonds. The van der Waals surface area contributed by atoms with Gasteiger partial charge in [-0.2, -0.15) is 11.3 Å². The largest absolute Gasteiger partial charge is 0.489 e. The highest BCUT2D eigenvalue weighted by Crippen LogP contribution is 2.29. The van der Waals surface area contributed by atoms with Gasteiger partial charge in [0.2, 0.25) is 0 Å². The molecule has 0 aliphatic carbocycles. The maximum atomic E-state index is 6.36. The van der Waals surface area contributed by atoms with Gasteiger partial charge in [-0.15, -0.1) is 12.4 Å². The number of para-hydroxylation sites is 1. The molecule has 1 heterocycles. The van der Waals surface area contributed by atoms with Gasteiger partial charge in [0.15, 0.2) is 0 Å². The molecule has 3 rings (SSSR count). The summed E-state index contributed by atoms with van der Waals surface area (Å²) >= 11 is 1.66. The van der Waals surface area contributed by atoms with Gasteiger partial charge in [-0.05, 0) is 34.0 Å². The van der Waals surface area contributed by atoms with Crippen molar-refractivity contribution in [1.82, 2.24) is 0 Å². The second-order valence-electron chi connectivity index (χ2n) is 4.85. The number of hydrogen-bond donors (Lipinski definition) is 1. The summed E-state index contributed by atoms with van der Waals surface area (Å²) in [6, 6.07) is 20.0. The Morgan fingerprint density at radius 2 is 1.68 bits per heavy atom. The van der Waals surface area contributed by atoms with Crippen LogP contribution in [-0.2, 0) is 6.61 Å². The number of ether oxygens (including phenoxy) is 1. The van der Waals surface area contributed by atoms with Gasteiger partial charge in [-0.1, -0.05) is 48.5 Å². The fourth-order valence-corrected chi connectivity index (χ4v) is 2.93. The molecule has 0 saturated carbocycles. The third kappa shape index (κ3) is 3.89. The van der Waals surface area contributed by atoms with Crippen molar-refractivity contribution in [3.63, 3.8) is 0 Å². The molecule has 0 unspecified atom stereocenters. The summed E-state index contributed by atoms with van der Waals surface area (Å²) < 4.78 is 5.97. The Labute approximate surface area is 141 Å². The Balaban J connectivity index is 0.00000176. The first-order valence-electron chi connectivity index (χ1n) is 6.88. The zero-order chi connectivity index (χ0) is 14.5. The van der Waals surface area contributed by atoms with Crippen molar-refractivity contribution >= 4 is 23.7 Å². The van der Waals surface area contributed by atoms with E-state index in [-0.39, 0.29) is 18.4 Å². The second-order valence-corrected chi connectivity index (χ2v) is 5.63. The van der Waals surface area contributed by atoms with E-state index in [1.165, 1.54) is 0 Å². The zero-order valence-corrected chi connectivity index (χ0v) is 13.6. The van der Waals surface area contributed by atoms with Crippen LogP contribution in [0.4, 0.5) is 0 Å². The van der Waals surface area contributed by atoms with Gasteiger partial charge in [-0.3, -0.25) is 0 Å². The highest BCUT2D eigenvalue weighted by molar-refractivity contribution is 7.08. The van der Waals surface area contributed by atoms with Crippen LogP contribution in [0.1, 0.15) is 22.7 Å². The highest BCUT2D eigenvalue weighted by atomic mass is 35.5. The van der Waals surface area contributed by atoms with E-state index in [0.717, 1.165) is 22.4 Å². The Kier molecular flexibility index (Phi) is 6.01. The van der Waals surface area contributed by atoms with Gasteiger partial charge in [-0.25, -0.2) is 0 Å². The molecule has 0 radical (unpaired) electrons. The molecule has 0 aliphatic heterocycles. The lowest BCUT2D eigenvalue weighted by Crippen LogP contribution is -2.12. The van der Waals surface area contributed by atoms with E-state index in [9.17, 15) is 0 Å². The minimum Gasteiger partial charge on any atom is -0.489 e.